The molecule has 0 saturated carbocycles. The summed E-state index contributed by atoms with van der Waals surface area (Å²) >= 11 is 0. The first-order valence-electron chi connectivity index (χ1n) is 9.56. The molecule has 30 heavy (non-hydrogen) atoms. The zero-order valence-corrected chi connectivity index (χ0v) is 18.0. The fourth-order valence-electron chi connectivity index (χ4n) is 3.39. The number of fused-ring (bicyclic) bond motifs is 1. The molecule has 12 nitrogen and oxygen atoms in total. The summed E-state index contributed by atoms with van der Waals surface area (Å²) in [6, 6.07) is -3.38. The van der Waals surface area contributed by atoms with Gasteiger partial charge in [-0.3, -0.25) is 24.2 Å². The van der Waals surface area contributed by atoms with Gasteiger partial charge in [-0.2, -0.15) is 17.4 Å². The van der Waals surface area contributed by atoms with E-state index >= 15 is 0 Å². The van der Waals surface area contributed by atoms with E-state index in [0.717, 1.165) is 9.31 Å². The predicted octanol–water partition coefficient (Wildman–Crippen LogP) is -2.06. The molecule has 2 rings (SSSR count). The standard InChI is InChI=1S/C17H27N5O7S/c1-11(24)9-12(10-23)18-16(26)14-5-4-8-21-15(25)7-6-13(17(27)22(14)21)19-30(28,29)20(2)3/h10,12-14,19H,4-9H2,1-3H3,(H,18,26)/t12-,13-,14-/m0/s1. The molecule has 2 aliphatic heterocycles. The molecule has 2 heterocycles. The Morgan fingerprint density at radius 2 is 1.93 bits per heavy atom. The van der Waals surface area contributed by atoms with E-state index in [9.17, 15) is 32.4 Å². The average Bonchev–Trinajstić information content (AvgIpc) is 2.78. The molecule has 0 aliphatic carbocycles. The number of rotatable bonds is 8. The molecule has 13 heteroatoms. The molecule has 3 atom stereocenters. The molecule has 2 N–H and O–H groups in total. The molecule has 3 amide bonds. The maximum absolute atomic E-state index is 13.2. The first-order chi connectivity index (χ1) is 14.0. The Morgan fingerprint density at radius 3 is 2.50 bits per heavy atom. The van der Waals surface area contributed by atoms with Gasteiger partial charge in [-0.1, -0.05) is 0 Å². The summed E-state index contributed by atoms with van der Waals surface area (Å²) in [6.07, 6.45) is 0.791. The lowest BCUT2D eigenvalue weighted by molar-refractivity contribution is -0.176. The molecule has 0 aromatic rings. The minimum atomic E-state index is -3.95. The van der Waals surface area contributed by atoms with Crippen molar-refractivity contribution >= 4 is 40.0 Å². The minimum absolute atomic E-state index is 0.0482. The van der Waals surface area contributed by atoms with Crippen molar-refractivity contribution in [1.29, 1.82) is 0 Å². The minimum Gasteiger partial charge on any atom is -0.344 e. The van der Waals surface area contributed by atoms with Gasteiger partial charge in [-0.25, -0.2) is 5.01 Å². The van der Waals surface area contributed by atoms with Gasteiger partial charge >= 0.3 is 0 Å². The number of hydrogen-bond acceptors (Lipinski definition) is 7. The number of nitrogens with zero attached hydrogens (tertiary/aromatic N) is 3. The van der Waals surface area contributed by atoms with Crippen LogP contribution in [0.15, 0.2) is 0 Å². The summed E-state index contributed by atoms with van der Waals surface area (Å²) in [4.78, 5) is 61.0. The van der Waals surface area contributed by atoms with Gasteiger partial charge in [0.15, 0.2) is 0 Å². The summed E-state index contributed by atoms with van der Waals surface area (Å²) < 4.78 is 27.6. The second kappa shape index (κ2) is 9.62. The van der Waals surface area contributed by atoms with Crippen molar-refractivity contribution in [1.82, 2.24) is 24.4 Å². The molecule has 2 fully saturated rings. The van der Waals surface area contributed by atoms with Gasteiger partial charge < -0.3 is 10.1 Å². The smallest absolute Gasteiger partial charge is 0.279 e. The van der Waals surface area contributed by atoms with Gasteiger partial charge in [0.05, 0.1) is 6.04 Å². The maximum atomic E-state index is 13.2. The van der Waals surface area contributed by atoms with Gasteiger partial charge in [0.2, 0.25) is 11.8 Å². The number of hydrogen-bond donors (Lipinski definition) is 2. The van der Waals surface area contributed by atoms with E-state index in [1.165, 1.54) is 26.0 Å². The van der Waals surface area contributed by atoms with Crippen LogP contribution in [0.5, 0.6) is 0 Å². The highest BCUT2D eigenvalue weighted by Crippen LogP contribution is 2.25. The van der Waals surface area contributed by atoms with Gasteiger partial charge in [0.1, 0.15) is 24.2 Å². The van der Waals surface area contributed by atoms with E-state index in [1.54, 1.807) is 0 Å². The number of nitrogens with one attached hydrogen (secondary N) is 2. The molecule has 0 radical (unpaired) electrons. The molecule has 0 unspecified atom stereocenters. The first-order valence-corrected chi connectivity index (χ1v) is 11.0. The van der Waals surface area contributed by atoms with Crippen LogP contribution in [0.3, 0.4) is 0 Å². The summed E-state index contributed by atoms with van der Waals surface area (Å²) in [5.74, 6) is -2.10. The fraction of sp³-hybridized carbons (Fsp3) is 0.706. The van der Waals surface area contributed by atoms with Crippen molar-refractivity contribution in [2.24, 2.45) is 0 Å². The second-order valence-electron chi connectivity index (χ2n) is 7.51. The molecule has 2 saturated heterocycles. The summed E-state index contributed by atoms with van der Waals surface area (Å²) in [7, 11) is -1.36. The van der Waals surface area contributed by atoms with E-state index in [4.69, 9.17) is 0 Å². The SMILES string of the molecule is CC(=O)C[C@@H](C=O)NC(=O)[C@@H]1CCCN2C(=O)CC[C@H](NS(=O)(=O)N(C)C)C(=O)N12. The van der Waals surface area contributed by atoms with Crippen LogP contribution in [-0.4, -0.2) is 91.3 Å². The molecule has 0 aromatic heterocycles. The molecule has 0 spiro atoms. The number of hydrazine groups is 1. The van der Waals surface area contributed by atoms with Crippen LogP contribution in [0.4, 0.5) is 0 Å². The number of ketones is 1. The molecule has 2 aliphatic rings. The van der Waals surface area contributed by atoms with E-state index in [-0.39, 0.29) is 38.0 Å². The number of aldehydes is 1. The summed E-state index contributed by atoms with van der Waals surface area (Å²) in [5.41, 5.74) is 0. The molecule has 168 valence electrons. The Bertz CT molecular complexity index is 828. The van der Waals surface area contributed by atoms with Crippen molar-refractivity contribution in [3.05, 3.63) is 0 Å². The van der Waals surface area contributed by atoms with Crippen molar-refractivity contribution in [2.75, 3.05) is 20.6 Å². The largest absolute Gasteiger partial charge is 0.344 e. The Balaban J connectivity index is 2.29. The van der Waals surface area contributed by atoms with Crippen LogP contribution in [0.2, 0.25) is 0 Å². The zero-order valence-electron chi connectivity index (χ0n) is 17.2. The zero-order chi connectivity index (χ0) is 22.6. The van der Waals surface area contributed by atoms with E-state index in [2.05, 4.69) is 10.0 Å². The van der Waals surface area contributed by atoms with Crippen molar-refractivity contribution < 1.29 is 32.4 Å². The number of carbonyl (C=O) groups is 5. The molecular weight excluding hydrogens is 418 g/mol. The number of Topliss-reactive ketones (excluding diaryl/α,β-unsaturated/α-hetero) is 1. The lowest BCUT2D eigenvalue weighted by atomic mass is 10.0. The van der Waals surface area contributed by atoms with Gasteiger partial charge in [0, 0.05) is 33.5 Å². The number of amides is 3. The summed E-state index contributed by atoms with van der Waals surface area (Å²) in [5, 5.41) is 4.59. The van der Waals surface area contributed by atoms with Crippen LogP contribution < -0.4 is 10.0 Å². The molecule has 0 bridgehead atoms. The molecule has 0 aromatic carbocycles. The number of carbonyl (C=O) groups excluding carboxylic acids is 5. The third-order valence-electron chi connectivity index (χ3n) is 4.94. The van der Waals surface area contributed by atoms with Crippen LogP contribution in [-0.2, 0) is 34.2 Å². The lowest BCUT2D eigenvalue weighted by Crippen LogP contribution is -2.64. The maximum Gasteiger partial charge on any atom is 0.279 e. The van der Waals surface area contributed by atoms with E-state index in [1.807, 2.05) is 0 Å². The Hall–Kier alpha value is -2.38. The topological polar surface area (TPSA) is 153 Å². The normalized spacial score (nSPS) is 23.6. The second-order valence-corrected chi connectivity index (χ2v) is 9.43. The Kier molecular flexibility index (Phi) is 7.66. The highest BCUT2D eigenvalue weighted by molar-refractivity contribution is 7.87. The van der Waals surface area contributed by atoms with Crippen molar-refractivity contribution in [3.8, 4) is 0 Å². The highest BCUT2D eigenvalue weighted by Gasteiger charge is 2.45. The van der Waals surface area contributed by atoms with E-state index in [0.29, 0.717) is 12.7 Å². The third kappa shape index (κ3) is 5.40. The fourth-order valence-corrected chi connectivity index (χ4v) is 4.18. The third-order valence-corrected chi connectivity index (χ3v) is 6.48. The van der Waals surface area contributed by atoms with Crippen LogP contribution in [0.1, 0.15) is 39.0 Å². The van der Waals surface area contributed by atoms with E-state index < -0.39 is 46.1 Å². The van der Waals surface area contributed by atoms with Crippen LogP contribution in [0, 0.1) is 0 Å². The monoisotopic (exact) mass is 445 g/mol. The van der Waals surface area contributed by atoms with Crippen LogP contribution in [0.25, 0.3) is 0 Å². The Labute approximate surface area is 175 Å². The van der Waals surface area contributed by atoms with Crippen LogP contribution >= 0.6 is 0 Å². The predicted molar refractivity (Wildman–Crippen MR) is 104 cm³/mol. The van der Waals surface area contributed by atoms with Gasteiger partial charge in [-0.05, 0) is 26.2 Å². The quantitative estimate of drug-likeness (QED) is 0.407. The Morgan fingerprint density at radius 1 is 1.27 bits per heavy atom. The van der Waals surface area contributed by atoms with Crippen molar-refractivity contribution in [2.45, 2.75) is 57.2 Å². The lowest BCUT2D eigenvalue weighted by Gasteiger charge is -2.43. The average molecular weight is 445 g/mol. The summed E-state index contributed by atoms with van der Waals surface area (Å²) in [6.45, 7) is 1.50. The first kappa shape index (κ1) is 23.9. The van der Waals surface area contributed by atoms with Crippen molar-refractivity contribution in [3.63, 3.8) is 0 Å². The van der Waals surface area contributed by atoms with Gasteiger partial charge in [0.25, 0.3) is 16.1 Å². The highest BCUT2D eigenvalue weighted by atomic mass is 32.2. The van der Waals surface area contributed by atoms with Gasteiger partial charge in [-0.15, -0.1) is 0 Å². The molecular formula is C17H27N5O7S.